The van der Waals surface area contributed by atoms with Crippen LogP contribution in [0.15, 0.2) is 18.2 Å². The molecule has 0 aromatic heterocycles. The molecule has 2 amide bonds. The van der Waals surface area contributed by atoms with Gasteiger partial charge in [-0.05, 0) is 81.9 Å². The number of nitrogens with one attached hydrogen (secondary N) is 2. The molecule has 2 aliphatic carbocycles. The standard InChI is InChI=1S/C23H34N2O4/c1-4-28-20-9-7-16(14-21(20)29-5-2)10-11-24-22(26)23(27)25-15(3)19-13-17-6-8-18(19)12-17/h7,9,14-15,17-19H,4-6,8,10-13H2,1-3H3,(H,24,26)(H,25,27). The lowest BCUT2D eigenvalue weighted by atomic mass is 9.84. The largest absolute Gasteiger partial charge is 0.490 e. The average Bonchev–Trinajstić information content (AvgIpc) is 3.33. The molecule has 2 bridgehead atoms. The SMILES string of the molecule is CCOc1ccc(CCNC(=O)C(=O)NC(C)C2CC3CCC2C3)cc1OCC. The zero-order valence-corrected chi connectivity index (χ0v) is 17.8. The maximum atomic E-state index is 12.3. The summed E-state index contributed by atoms with van der Waals surface area (Å²) in [6.45, 7) is 7.42. The molecule has 6 nitrogen and oxygen atoms in total. The van der Waals surface area contributed by atoms with Crippen LogP contribution in [0, 0.1) is 17.8 Å². The van der Waals surface area contributed by atoms with Gasteiger partial charge in [0.1, 0.15) is 0 Å². The molecule has 4 atom stereocenters. The summed E-state index contributed by atoms with van der Waals surface area (Å²) in [5, 5.41) is 5.64. The predicted octanol–water partition coefficient (Wildman–Crippen LogP) is 3.08. The van der Waals surface area contributed by atoms with Gasteiger partial charge >= 0.3 is 11.8 Å². The maximum absolute atomic E-state index is 12.3. The number of rotatable bonds is 9. The van der Waals surface area contributed by atoms with Crippen LogP contribution < -0.4 is 20.1 Å². The van der Waals surface area contributed by atoms with E-state index in [9.17, 15) is 9.59 Å². The molecule has 0 saturated heterocycles. The number of ether oxygens (including phenoxy) is 2. The van der Waals surface area contributed by atoms with Gasteiger partial charge in [-0.2, -0.15) is 0 Å². The second-order valence-corrected chi connectivity index (χ2v) is 8.25. The summed E-state index contributed by atoms with van der Waals surface area (Å²) in [5.41, 5.74) is 1.02. The Bertz CT molecular complexity index is 721. The number of amides is 2. The smallest absolute Gasteiger partial charge is 0.309 e. The van der Waals surface area contributed by atoms with Crippen LogP contribution in [-0.2, 0) is 16.0 Å². The monoisotopic (exact) mass is 402 g/mol. The molecule has 2 N–H and O–H groups in total. The average molecular weight is 403 g/mol. The first kappa shape index (κ1) is 21.5. The van der Waals surface area contributed by atoms with E-state index in [4.69, 9.17) is 9.47 Å². The molecule has 29 heavy (non-hydrogen) atoms. The first-order chi connectivity index (χ1) is 14.0. The van der Waals surface area contributed by atoms with Crippen molar-refractivity contribution in [2.75, 3.05) is 19.8 Å². The van der Waals surface area contributed by atoms with Crippen LogP contribution in [-0.4, -0.2) is 37.6 Å². The van der Waals surface area contributed by atoms with Gasteiger partial charge < -0.3 is 20.1 Å². The Morgan fingerprint density at radius 2 is 1.83 bits per heavy atom. The summed E-state index contributed by atoms with van der Waals surface area (Å²) in [5.74, 6) is 2.41. The predicted molar refractivity (Wildman–Crippen MR) is 112 cm³/mol. The Labute approximate surface area is 173 Å². The van der Waals surface area contributed by atoms with Crippen LogP contribution in [0.3, 0.4) is 0 Å². The Kier molecular flexibility index (Phi) is 7.40. The third-order valence-corrected chi connectivity index (χ3v) is 6.31. The van der Waals surface area contributed by atoms with Crippen LogP contribution in [0.25, 0.3) is 0 Å². The quantitative estimate of drug-likeness (QED) is 0.623. The summed E-state index contributed by atoms with van der Waals surface area (Å²) in [6.07, 6.45) is 5.70. The van der Waals surface area contributed by atoms with E-state index in [1.165, 1.54) is 25.7 Å². The fourth-order valence-corrected chi connectivity index (χ4v) is 4.94. The minimum atomic E-state index is -0.559. The van der Waals surface area contributed by atoms with Crippen LogP contribution in [0.4, 0.5) is 0 Å². The molecule has 0 heterocycles. The fourth-order valence-electron chi connectivity index (χ4n) is 4.94. The second kappa shape index (κ2) is 9.99. The lowest BCUT2D eigenvalue weighted by molar-refractivity contribution is -0.139. The lowest BCUT2D eigenvalue weighted by Gasteiger charge is -2.28. The molecule has 1 aromatic carbocycles. The molecule has 160 valence electrons. The van der Waals surface area contributed by atoms with Crippen molar-refractivity contribution < 1.29 is 19.1 Å². The number of hydrogen-bond donors (Lipinski definition) is 2. The van der Waals surface area contributed by atoms with Crippen LogP contribution >= 0.6 is 0 Å². The van der Waals surface area contributed by atoms with E-state index in [2.05, 4.69) is 10.6 Å². The summed E-state index contributed by atoms with van der Waals surface area (Å²) in [6, 6.07) is 5.83. The molecule has 0 aliphatic heterocycles. The van der Waals surface area contributed by atoms with E-state index in [1.807, 2.05) is 39.0 Å². The van der Waals surface area contributed by atoms with Crippen molar-refractivity contribution in [3.8, 4) is 11.5 Å². The van der Waals surface area contributed by atoms with E-state index in [0.717, 1.165) is 23.1 Å². The van der Waals surface area contributed by atoms with Gasteiger partial charge in [0.15, 0.2) is 11.5 Å². The minimum Gasteiger partial charge on any atom is -0.490 e. The summed E-state index contributed by atoms with van der Waals surface area (Å²) < 4.78 is 11.2. The molecular weight excluding hydrogens is 368 g/mol. The Hall–Kier alpha value is -2.24. The zero-order valence-electron chi connectivity index (χ0n) is 17.8. The highest BCUT2D eigenvalue weighted by Crippen LogP contribution is 2.49. The van der Waals surface area contributed by atoms with Gasteiger partial charge in [-0.1, -0.05) is 12.5 Å². The Morgan fingerprint density at radius 3 is 2.48 bits per heavy atom. The highest BCUT2D eigenvalue weighted by atomic mass is 16.5. The molecule has 2 saturated carbocycles. The molecule has 0 radical (unpaired) electrons. The highest BCUT2D eigenvalue weighted by molar-refractivity contribution is 6.35. The van der Waals surface area contributed by atoms with Crippen LogP contribution in [0.2, 0.25) is 0 Å². The molecule has 3 rings (SSSR count). The Balaban J connectivity index is 1.44. The van der Waals surface area contributed by atoms with Crippen molar-refractivity contribution in [3.63, 3.8) is 0 Å². The minimum absolute atomic E-state index is 0.0587. The third-order valence-electron chi connectivity index (χ3n) is 6.31. The van der Waals surface area contributed by atoms with Gasteiger partial charge in [-0.3, -0.25) is 9.59 Å². The topological polar surface area (TPSA) is 76.7 Å². The molecule has 1 aromatic rings. The second-order valence-electron chi connectivity index (χ2n) is 8.25. The van der Waals surface area contributed by atoms with E-state index >= 15 is 0 Å². The van der Waals surface area contributed by atoms with Crippen LogP contribution in [0.1, 0.15) is 52.0 Å². The van der Waals surface area contributed by atoms with Crippen molar-refractivity contribution in [2.45, 2.75) is 58.9 Å². The number of fused-ring (bicyclic) bond motifs is 2. The van der Waals surface area contributed by atoms with Crippen molar-refractivity contribution in [2.24, 2.45) is 17.8 Å². The summed E-state index contributed by atoms with van der Waals surface area (Å²) >= 11 is 0. The molecule has 2 aliphatic rings. The molecule has 4 unspecified atom stereocenters. The van der Waals surface area contributed by atoms with Gasteiger partial charge in [0.25, 0.3) is 0 Å². The molecular formula is C23H34N2O4. The maximum Gasteiger partial charge on any atom is 0.309 e. The van der Waals surface area contributed by atoms with Crippen LogP contribution in [0.5, 0.6) is 11.5 Å². The van der Waals surface area contributed by atoms with E-state index in [1.54, 1.807) is 0 Å². The van der Waals surface area contributed by atoms with Gasteiger partial charge in [0.2, 0.25) is 0 Å². The first-order valence-electron chi connectivity index (χ1n) is 11.0. The van der Waals surface area contributed by atoms with E-state index in [-0.39, 0.29) is 6.04 Å². The van der Waals surface area contributed by atoms with Crippen molar-refractivity contribution in [3.05, 3.63) is 23.8 Å². The van der Waals surface area contributed by atoms with E-state index in [0.29, 0.717) is 37.8 Å². The number of hydrogen-bond acceptors (Lipinski definition) is 4. The van der Waals surface area contributed by atoms with Crippen molar-refractivity contribution >= 4 is 11.8 Å². The molecule has 6 heteroatoms. The first-order valence-corrected chi connectivity index (χ1v) is 11.0. The molecule has 2 fully saturated rings. The summed E-state index contributed by atoms with van der Waals surface area (Å²) in [7, 11) is 0. The van der Waals surface area contributed by atoms with Gasteiger partial charge in [-0.25, -0.2) is 0 Å². The third kappa shape index (κ3) is 5.43. The zero-order chi connectivity index (χ0) is 20.8. The lowest BCUT2D eigenvalue weighted by Crippen LogP contribution is -2.47. The van der Waals surface area contributed by atoms with Crippen molar-refractivity contribution in [1.82, 2.24) is 10.6 Å². The van der Waals surface area contributed by atoms with Crippen molar-refractivity contribution in [1.29, 1.82) is 0 Å². The fraction of sp³-hybridized carbons (Fsp3) is 0.652. The number of carbonyl (C=O) groups is 2. The summed E-state index contributed by atoms with van der Waals surface area (Å²) in [4.78, 5) is 24.4. The van der Waals surface area contributed by atoms with E-state index < -0.39 is 11.8 Å². The number of benzene rings is 1. The highest BCUT2D eigenvalue weighted by Gasteiger charge is 2.42. The van der Waals surface area contributed by atoms with Gasteiger partial charge in [0, 0.05) is 12.6 Å². The van der Waals surface area contributed by atoms with Gasteiger partial charge in [0.05, 0.1) is 13.2 Å². The Morgan fingerprint density at radius 1 is 1.07 bits per heavy atom. The normalized spacial score (nSPS) is 23.5. The van der Waals surface area contributed by atoms with Gasteiger partial charge in [-0.15, -0.1) is 0 Å². The number of carbonyl (C=O) groups excluding carboxylic acids is 2. The molecule has 0 spiro atoms.